The smallest absolute Gasteiger partial charge is 0.272 e. The predicted octanol–water partition coefficient (Wildman–Crippen LogP) is 1.56. The standard InChI is InChI=1S/C14H13N3O3/c1-20-13-7-10(4-5-12(13)18)8-16-17-14(19)11-3-2-6-15-9-11/h2-9,18H,1H3,(H,17,19)/b16-8+. The fourth-order valence-electron chi connectivity index (χ4n) is 1.50. The van der Waals surface area contributed by atoms with E-state index in [4.69, 9.17) is 4.74 Å². The number of methoxy groups -OCH3 is 1. The summed E-state index contributed by atoms with van der Waals surface area (Å²) >= 11 is 0. The largest absolute Gasteiger partial charge is 0.504 e. The number of phenols is 1. The molecule has 1 heterocycles. The summed E-state index contributed by atoms with van der Waals surface area (Å²) in [6, 6.07) is 8.06. The first kappa shape index (κ1) is 13.5. The second kappa shape index (κ2) is 6.33. The van der Waals surface area contributed by atoms with Crippen LogP contribution in [-0.4, -0.2) is 29.3 Å². The van der Waals surface area contributed by atoms with Crippen molar-refractivity contribution in [3.8, 4) is 11.5 Å². The number of ether oxygens (including phenoxy) is 1. The van der Waals surface area contributed by atoms with Crippen LogP contribution in [0.1, 0.15) is 15.9 Å². The molecule has 0 radical (unpaired) electrons. The lowest BCUT2D eigenvalue weighted by Gasteiger charge is -2.03. The molecule has 0 aliphatic rings. The van der Waals surface area contributed by atoms with Crippen LogP contribution in [0.4, 0.5) is 0 Å². The summed E-state index contributed by atoms with van der Waals surface area (Å²) in [7, 11) is 1.46. The summed E-state index contributed by atoms with van der Waals surface area (Å²) in [5, 5.41) is 13.3. The van der Waals surface area contributed by atoms with E-state index in [9.17, 15) is 9.90 Å². The molecule has 0 unspecified atom stereocenters. The highest BCUT2D eigenvalue weighted by Crippen LogP contribution is 2.25. The highest BCUT2D eigenvalue weighted by atomic mass is 16.5. The second-order valence-corrected chi connectivity index (χ2v) is 3.87. The summed E-state index contributed by atoms with van der Waals surface area (Å²) in [6.45, 7) is 0. The fraction of sp³-hybridized carbons (Fsp3) is 0.0714. The summed E-state index contributed by atoms with van der Waals surface area (Å²) in [6.07, 6.45) is 4.49. The van der Waals surface area contributed by atoms with Gasteiger partial charge in [0.1, 0.15) is 0 Å². The van der Waals surface area contributed by atoms with E-state index in [1.54, 1.807) is 30.5 Å². The van der Waals surface area contributed by atoms with E-state index in [0.29, 0.717) is 16.9 Å². The molecule has 6 nitrogen and oxygen atoms in total. The fourth-order valence-corrected chi connectivity index (χ4v) is 1.50. The van der Waals surface area contributed by atoms with Crippen LogP contribution < -0.4 is 10.2 Å². The van der Waals surface area contributed by atoms with Crippen molar-refractivity contribution >= 4 is 12.1 Å². The Morgan fingerprint density at radius 1 is 1.45 bits per heavy atom. The Morgan fingerprint density at radius 3 is 3.00 bits per heavy atom. The van der Waals surface area contributed by atoms with Gasteiger partial charge in [-0.15, -0.1) is 0 Å². The molecule has 2 rings (SSSR count). The maximum atomic E-state index is 11.7. The summed E-state index contributed by atoms with van der Waals surface area (Å²) in [5.41, 5.74) is 3.50. The molecular weight excluding hydrogens is 258 g/mol. The number of carbonyl (C=O) groups is 1. The molecule has 0 saturated heterocycles. The minimum atomic E-state index is -0.347. The topological polar surface area (TPSA) is 83.8 Å². The first-order valence-corrected chi connectivity index (χ1v) is 5.81. The highest BCUT2D eigenvalue weighted by molar-refractivity contribution is 5.94. The number of carbonyl (C=O) groups excluding carboxylic acids is 1. The van der Waals surface area contributed by atoms with Crippen LogP contribution >= 0.6 is 0 Å². The predicted molar refractivity (Wildman–Crippen MR) is 74.0 cm³/mol. The summed E-state index contributed by atoms with van der Waals surface area (Å²) < 4.78 is 4.98. The lowest BCUT2D eigenvalue weighted by molar-refractivity contribution is 0.0955. The zero-order valence-corrected chi connectivity index (χ0v) is 10.8. The monoisotopic (exact) mass is 271 g/mol. The Hall–Kier alpha value is -2.89. The van der Waals surface area contributed by atoms with Crippen molar-refractivity contribution in [2.45, 2.75) is 0 Å². The second-order valence-electron chi connectivity index (χ2n) is 3.87. The number of aromatic nitrogens is 1. The van der Waals surface area contributed by atoms with Crippen LogP contribution in [0.2, 0.25) is 0 Å². The average Bonchev–Trinajstić information content (AvgIpc) is 2.49. The number of nitrogens with zero attached hydrogens (tertiary/aromatic N) is 2. The van der Waals surface area contributed by atoms with E-state index in [1.165, 1.54) is 25.6 Å². The summed E-state index contributed by atoms with van der Waals surface area (Å²) in [5.74, 6) is 0.0386. The van der Waals surface area contributed by atoms with Crippen LogP contribution in [0.25, 0.3) is 0 Å². The van der Waals surface area contributed by atoms with E-state index in [2.05, 4.69) is 15.5 Å². The Labute approximate surface area is 115 Å². The highest BCUT2D eigenvalue weighted by Gasteiger charge is 2.03. The molecule has 0 saturated carbocycles. The van der Waals surface area contributed by atoms with E-state index >= 15 is 0 Å². The lowest BCUT2D eigenvalue weighted by atomic mass is 10.2. The molecule has 0 spiro atoms. The molecular formula is C14H13N3O3. The summed E-state index contributed by atoms with van der Waals surface area (Å²) in [4.78, 5) is 15.5. The van der Waals surface area contributed by atoms with Crippen molar-refractivity contribution in [2.24, 2.45) is 5.10 Å². The molecule has 2 aromatic rings. The van der Waals surface area contributed by atoms with Gasteiger partial charge in [0, 0.05) is 12.4 Å². The van der Waals surface area contributed by atoms with Gasteiger partial charge >= 0.3 is 0 Å². The van der Waals surface area contributed by atoms with E-state index in [-0.39, 0.29) is 11.7 Å². The zero-order chi connectivity index (χ0) is 14.4. The van der Waals surface area contributed by atoms with Gasteiger partial charge < -0.3 is 9.84 Å². The zero-order valence-electron chi connectivity index (χ0n) is 10.8. The number of hydrogen-bond acceptors (Lipinski definition) is 5. The van der Waals surface area contributed by atoms with Gasteiger partial charge in [-0.25, -0.2) is 5.43 Å². The number of hydrazone groups is 1. The van der Waals surface area contributed by atoms with E-state index in [0.717, 1.165) is 0 Å². The Bertz CT molecular complexity index is 627. The Balaban J connectivity index is 2.02. The van der Waals surface area contributed by atoms with Crippen molar-refractivity contribution in [2.75, 3.05) is 7.11 Å². The van der Waals surface area contributed by atoms with Crippen molar-refractivity contribution in [3.63, 3.8) is 0 Å². The first-order chi connectivity index (χ1) is 9.70. The van der Waals surface area contributed by atoms with Gasteiger partial charge in [0.25, 0.3) is 5.91 Å². The van der Waals surface area contributed by atoms with Gasteiger partial charge in [-0.05, 0) is 35.9 Å². The van der Waals surface area contributed by atoms with Crippen molar-refractivity contribution in [1.29, 1.82) is 0 Å². The molecule has 0 aliphatic heterocycles. The maximum absolute atomic E-state index is 11.7. The van der Waals surface area contributed by atoms with Crippen molar-refractivity contribution in [1.82, 2.24) is 10.4 Å². The minimum Gasteiger partial charge on any atom is -0.504 e. The van der Waals surface area contributed by atoms with Crippen molar-refractivity contribution in [3.05, 3.63) is 53.9 Å². The number of nitrogens with one attached hydrogen (secondary N) is 1. The van der Waals surface area contributed by atoms with Gasteiger partial charge in [-0.2, -0.15) is 5.10 Å². The molecule has 20 heavy (non-hydrogen) atoms. The molecule has 6 heteroatoms. The van der Waals surface area contributed by atoms with Crippen LogP contribution in [0.5, 0.6) is 11.5 Å². The SMILES string of the molecule is COc1cc(/C=N/NC(=O)c2cccnc2)ccc1O. The molecule has 1 aromatic heterocycles. The third kappa shape index (κ3) is 3.32. The number of rotatable bonds is 4. The lowest BCUT2D eigenvalue weighted by Crippen LogP contribution is -2.17. The van der Waals surface area contributed by atoms with E-state index < -0.39 is 0 Å². The maximum Gasteiger partial charge on any atom is 0.272 e. The molecule has 0 aliphatic carbocycles. The normalized spacial score (nSPS) is 10.4. The first-order valence-electron chi connectivity index (χ1n) is 5.81. The van der Waals surface area contributed by atoms with Gasteiger partial charge in [0.05, 0.1) is 18.9 Å². The van der Waals surface area contributed by atoms with Crippen LogP contribution in [-0.2, 0) is 0 Å². The Kier molecular flexibility index (Phi) is 4.28. The van der Waals surface area contributed by atoms with Crippen LogP contribution in [0.3, 0.4) is 0 Å². The molecule has 1 aromatic carbocycles. The van der Waals surface area contributed by atoms with Crippen LogP contribution in [0, 0.1) is 0 Å². The quantitative estimate of drug-likeness (QED) is 0.653. The molecule has 1 amide bonds. The van der Waals surface area contributed by atoms with E-state index in [1.807, 2.05) is 0 Å². The van der Waals surface area contributed by atoms with Gasteiger partial charge in [-0.3, -0.25) is 9.78 Å². The third-order valence-electron chi connectivity index (χ3n) is 2.51. The molecule has 2 N–H and O–H groups in total. The Morgan fingerprint density at radius 2 is 2.30 bits per heavy atom. The number of phenolic OH excluding ortho intramolecular Hbond substituents is 1. The van der Waals surface area contributed by atoms with Crippen molar-refractivity contribution < 1.29 is 14.6 Å². The molecule has 0 fully saturated rings. The molecule has 0 bridgehead atoms. The van der Waals surface area contributed by atoms with Gasteiger partial charge in [-0.1, -0.05) is 0 Å². The average molecular weight is 271 g/mol. The minimum absolute atomic E-state index is 0.0454. The molecule has 0 atom stereocenters. The van der Waals surface area contributed by atoms with Gasteiger partial charge in [0.2, 0.25) is 0 Å². The number of aromatic hydroxyl groups is 1. The van der Waals surface area contributed by atoms with Gasteiger partial charge in [0.15, 0.2) is 11.5 Å². The van der Waals surface area contributed by atoms with Crippen LogP contribution in [0.15, 0.2) is 47.8 Å². The number of hydrogen-bond donors (Lipinski definition) is 2. The number of benzene rings is 1. The molecule has 102 valence electrons. The number of pyridine rings is 1. The third-order valence-corrected chi connectivity index (χ3v) is 2.51. The number of amides is 1.